The Morgan fingerprint density at radius 2 is 1.90 bits per heavy atom. The van der Waals surface area contributed by atoms with E-state index >= 15 is 0 Å². The number of aryl methyl sites for hydroxylation is 1. The molecule has 7 heteroatoms. The topological polar surface area (TPSA) is 62.7 Å². The van der Waals surface area contributed by atoms with Crippen LogP contribution in [0, 0.1) is 0 Å². The summed E-state index contributed by atoms with van der Waals surface area (Å²) in [6.45, 7) is 6.52. The monoisotopic (exact) mass is 413 g/mol. The highest BCUT2D eigenvalue weighted by Crippen LogP contribution is 2.27. The van der Waals surface area contributed by atoms with Crippen LogP contribution in [0.2, 0.25) is 0 Å². The van der Waals surface area contributed by atoms with Crippen LogP contribution in [0.4, 0.5) is 0 Å². The molecule has 2 aliphatic rings. The van der Waals surface area contributed by atoms with E-state index in [1.807, 2.05) is 36.1 Å². The molecule has 1 aromatic heterocycles. The highest BCUT2D eigenvalue weighted by atomic mass is 32.1. The van der Waals surface area contributed by atoms with E-state index in [9.17, 15) is 9.59 Å². The Morgan fingerprint density at radius 3 is 2.59 bits per heavy atom. The van der Waals surface area contributed by atoms with Crippen LogP contribution < -0.4 is 4.74 Å². The van der Waals surface area contributed by atoms with Crippen molar-refractivity contribution in [3.05, 3.63) is 45.4 Å². The van der Waals surface area contributed by atoms with Gasteiger partial charge in [-0.2, -0.15) is 0 Å². The Morgan fingerprint density at radius 1 is 1.14 bits per heavy atom. The van der Waals surface area contributed by atoms with Gasteiger partial charge in [-0.05, 0) is 37.5 Å². The fourth-order valence-electron chi connectivity index (χ4n) is 3.89. The van der Waals surface area contributed by atoms with Crippen LogP contribution in [0.5, 0.6) is 5.75 Å². The molecule has 0 atom stereocenters. The molecule has 0 spiro atoms. The largest absolute Gasteiger partial charge is 0.494 e. The number of nitrogens with zero attached hydrogens (tertiary/aromatic N) is 3. The number of hydrogen-bond acceptors (Lipinski definition) is 6. The molecule has 1 aromatic carbocycles. The molecule has 0 saturated carbocycles. The lowest BCUT2D eigenvalue weighted by atomic mass is 10.0. The van der Waals surface area contributed by atoms with Crippen molar-refractivity contribution >= 4 is 23.0 Å². The summed E-state index contributed by atoms with van der Waals surface area (Å²) in [6, 6.07) is 7.76. The summed E-state index contributed by atoms with van der Waals surface area (Å²) in [5.41, 5.74) is 2.00. The lowest BCUT2D eigenvalue weighted by Gasteiger charge is -2.34. The molecular formula is C22H27N3O3S. The lowest BCUT2D eigenvalue weighted by Crippen LogP contribution is -2.48. The number of carbonyl (C=O) groups excluding carboxylic acids is 2. The van der Waals surface area contributed by atoms with Crippen molar-refractivity contribution in [2.45, 2.75) is 39.2 Å². The third kappa shape index (κ3) is 4.85. The van der Waals surface area contributed by atoms with Gasteiger partial charge in [0.05, 0.1) is 30.1 Å². The first-order valence-corrected chi connectivity index (χ1v) is 11.2. The fourth-order valence-corrected chi connectivity index (χ4v) is 5.01. The first-order chi connectivity index (χ1) is 14.1. The van der Waals surface area contributed by atoms with Gasteiger partial charge in [0.2, 0.25) is 5.91 Å². The molecule has 1 amide bonds. The lowest BCUT2D eigenvalue weighted by molar-refractivity contribution is -0.132. The number of amides is 1. The minimum atomic E-state index is 0.170. The quantitative estimate of drug-likeness (QED) is 0.729. The van der Waals surface area contributed by atoms with Crippen molar-refractivity contribution in [2.75, 3.05) is 32.8 Å². The van der Waals surface area contributed by atoms with Crippen molar-refractivity contribution in [1.82, 2.24) is 14.8 Å². The summed E-state index contributed by atoms with van der Waals surface area (Å²) in [5, 5.41) is 1.03. The zero-order chi connectivity index (χ0) is 20.2. The molecule has 1 aliphatic heterocycles. The molecule has 0 unspecified atom stereocenters. The normalized spacial score (nSPS) is 17.3. The third-order valence-electron chi connectivity index (χ3n) is 5.49. The van der Waals surface area contributed by atoms with Gasteiger partial charge in [0.25, 0.3) is 0 Å². The maximum absolute atomic E-state index is 12.6. The average molecular weight is 414 g/mol. The van der Waals surface area contributed by atoms with Crippen LogP contribution in [-0.4, -0.2) is 59.3 Å². The molecule has 0 N–H and O–H groups in total. The first-order valence-electron chi connectivity index (χ1n) is 10.4. The Labute approximate surface area is 175 Å². The van der Waals surface area contributed by atoms with Gasteiger partial charge in [0, 0.05) is 32.6 Å². The second-order valence-corrected chi connectivity index (χ2v) is 8.65. The molecule has 0 radical (unpaired) electrons. The van der Waals surface area contributed by atoms with Gasteiger partial charge in [0.1, 0.15) is 10.8 Å². The van der Waals surface area contributed by atoms with E-state index in [1.54, 1.807) is 11.3 Å². The Kier molecular flexibility index (Phi) is 6.25. The van der Waals surface area contributed by atoms with Crippen LogP contribution in [-0.2, 0) is 24.2 Å². The van der Waals surface area contributed by atoms with Crippen LogP contribution in [0.1, 0.15) is 45.7 Å². The summed E-state index contributed by atoms with van der Waals surface area (Å²) in [5.74, 6) is 1.26. The minimum Gasteiger partial charge on any atom is -0.494 e. The van der Waals surface area contributed by atoms with Gasteiger partial charge in [-0.25, -0.2) is 4.98 Å². The van der Waals surface area contributed by atoms with Gasteiger partial charge in [-0.1, -0.05) is 12.1 Å². The van der Waals surface area contributed by atoms with Crippen LogP contribution in [0.3, 0.4) is 0 Å². The third-order valence-corrected chi connectivity index (χ3v) is 6.61. The molecule has 0 bridgehead atoms. The zero-order valence-electron chi connectivity index (χ0n) is 16.9. The van der Waals surface area contributed by atoms with Gasteiger partial charge in [-0.3, -0.25) is 14.5 Å². The number of hydrogen-bond donors (Lipinski definition) is 0. The Balaban J connectivity index is 1.27. The number of Topliss-reactive ketones (excluding diaryl/α,β-unsaturated/α-hetero) is 1. The SMILES string of the molecule is CCOc1ccc(CC(=O)N2CCN(Cc3nc4c(s3)C(=O)CCC4)CC2)cc1. The van der Waals surface area contributed by atoms with Gasteiger partial charge in [0.15, 0.2) is 5.78 Å². The van der Waals surface area contributed by atoms with Crippen molar-refractivity contribution in [2.24, 2.45) is 0 Å². The van der Waals surface area contributed by atoms with Gasteiger partial charge >= 0.3 is 0 Å². The highest BCUT2D eigenvalue weighted by molar-refractivity contribution is 7.13. The number of aromatic nitrogens is 1. The Bertz CT molecular complexity index is 870. The number of rotatable bonds is 6. The molecule has 4 rings (SSSR count). The number of ketones is 1. The van der Waals surface area contributed by atoms with E-state index < -0.39 is 0 Å². The summed E-state index contributed by atoms with van der Waals surface area (Å²) >= 11 is 1.56. The predicted molar refractivity (Wildman–Crippen MR) is 113 cm³/mol. The molecule has 2 heterocycles. The zero-order valence-corrected chi connectivity index (χ0v) is 17.7. The van der Waals surface area contributed by atoms with Crippen LogP contribution in [0.15, 0.2) is 24.3 Å². The highest BCUT2D eigenvalue weighted by Gasteiger charge is 2.25. The standard InChI is InChI=1S/C22H27N3O3S/c1-2-28-17-8-6-16(7-9-17)14-21(27)25-12-10-24(11-13-25)15-20-23-18-4-3-5-19(26)22(18)29-20/h6-9H,2-5,10-15H2,1H3. The maximum atomic E-state index is 12.6. The first kappa shape index (κ1) is 20.0. The van der Waals surface area contributed by atoms with E-state index in [-0.39, 0.29) is 11.7 Å². The molecular weight excluding hydrogens is 386 g/mol. The number of carbonyl (C=O) groups is 2. The summed E-state index contributed by atoms with van der Waals surface area (Å²) < 4.78 is 5.45. The van der Waals surface area contributed by atoms with E-state index in [0.717, 1.165) is 72.5 Å². The molecule has 1 fully saturated rings. The fraction of sp³-hybridized carbons (Fsp3) is 0.500. The summed E-state index contributed by atoms with van der Waals surface area (Å²) in [4.78, 5) is 34.5. The maximum Gasteiger partial charge on any atom is 0.227 e. The molecule has 2 aromatic rings. The second-order valence-electron chi connectivity index (χ2n) is 7.57. The van der Waals surface area contributed by atoms with Crippen LogP contribution in [0.25, 0.3) is 0 Å². The number of thiazole rings is 1. The number of ether oxygens (including phenoxy) is 1. The molecule has 29 heavy (non-hydrogen) atoms. The second kappa shape index (κ2) is 9.05. The predicted octanol–water partition coefficient (Wildman–Crippen LogP) is 2.95. The number of benzene rings is 1. The van der Waals surface area contributed by atoms with Crippen molar-refractivity contribution in [3.8, 4) is 5.75 Å². The molecule has 154 valence electrons. The van der Waals surface area contributed by atoms with Gasteiger partial charge < -0.3 is 9.64 Å². The van der Waals surface area contributed by atoms with E-state index in [4.69, 9.17) is 9.72 Å². The summed E-state index contributed by atoms with van der Waals surface area (Å²) in [7, 11) is 0. The van der Waals surface area contributed by atoms with E-state index in [0.29, 0.717) is 19.4 Å². The molecule has 1 aliphatic carbocycles. The van der Waals surface area contributed by atoms with Crippen molar-refractivity contribution in [1.29, 1.82) is 0 Å². The number of fused-ring (bicyclic) bond motifs is 1. The molecule has 1 saturated heterocycles. The average Bonchev–Trinajstić information content (AvgIpc) is 3.14. The van der Waals surface area contributed by atoms with E-state index in [2.05, 4.69) is 4.90 Å². The van der Waals surface area contributed by atoms with Crippen molar-refractivity contribution in [3.63, 3.8) is 0 Å². The van der Waals surface area contributed by atoms with Crippen LogP contribution >= 0.6 is 11.3 Å². The molecule has 6 nitrogen and oxygen atoms in total. The smallest absolute Gasteiger partial charge is 0.227 e. The van der Waals surface area contributed by atoms with Gasteiger partial charge in [-0.15, -0.1) is 11.3 Å². The number of piperazine rings is 1. The summed E-state index contributed by atoms with van der Waals surface area (Å²) in [6.07, 6.45) is 2.92. The van der Waals surface area contributed by atoms with Crippen molar-refractivity contribution < 1.29 is 14.3 Å². The van der Waals surface area contributed by atoms with E-state index in [1.165, 1.54) is 0 Å². The Hall–Kier alpha value is -2.25. The minimum absolute atomic E-state index is 0.170.